The number of carbonyl (C=O) groups is 3. The lowest BCUT2D eigenvalue weighted by Crippen LogP contribution is -2.54. The number of aliphatic hydroxyl groups excluding tert-OH is 1. The van der Waals surface area contributed by atoms with Gasteiger partial charge in [-0.25, -0.2) is 26.5 Å². The zero-order chi connectivity index (χ0) is 36.3. The summed E-state index contributed by atoms with van der Waals surface area (Å²) in [6.07, 6.45) is 3.95. The summed E-state index contributed by atoms with van der Waals surface area (Å²) in [6, 6.07) is -0.913. The summed E-state index contributed by atoms with van der Waals surface area (Å²) in [7, 11) is 0.706. The van der Waals surface area contributed by atoms with E-state index in [1.807, 2.05) is 13.8 Å². The van der Waals surface area contributed by atoms with E-state index in [2.05, 4.69) is 10.7 Å². The van der Waals surface area contributed by atoms with Gasteiger partial charge < -0.3 is 15.3 Å². The van der Waals surface area contributed by atoms with Crippen LogP contribution in [0.3, 0.4) is 0 Å². The molecule has 0 spiro atoms. The molecule has 3 amide bonds. The molecule has 3 aliphatic carbocycles. The van der Waals surface area contributed by atoms with Gasteiger partial charge in [0.15, 0.2) is 0 Å². The molecule has 11 nitrogen and oxygen atoms in total. The fraction of sp³-hybridized carbons (Fsp3) is 0.914. The van der Waals surface area contributed by atoms with Crippen LogP contribution < -0.4 is 10.7 Å². The van der Waals surface area contributed by atoms with Gasteiger partial charge in [-0.3, -0.25) is 19.8 Å². The zero-order valence-corrected chi connectivity index (χ0v) is 31.2. The lowest BCUT2D eigenvalue weighted by molar-refractivity contribution is -0.138. The predicted molar refractivity (Wildman–Crippen MR) is 186 cm³/mol. The summed E-state index contributed by atoms with van der Waals surface area (Å²) >= 11 is 0. The first kappa shape index (κ1) is 41.5. The Bertz CT molecular complexity index is 1160. The number of halogens is 2. The third-order valence-corrected chi connectivity index (χ3v) is 12.9. The maximum atomic E-state index is 14.4. The van der Waals surface area contributed by atoms with E-state index < -0.39 is 63.4 Å². The summed E-state index contributed by atoms with van der Waals surface area (Å²) in [5, 5.41) is 14.9. The van der Waals surface area contributed by atoms with Crippen molar-refractivity contribution in [2.45, 2.75) is 140 Å². The minimum Gasteiger partial charge on any atom is -0.390 e. The summed E-state index contributed by atoms with van der Waals surface area (Å²) < 4.78 is 56.6. The van der Waals surface area contributed by atoms with Gasteiger partial charge in [-0.1, -0.05) is 33.1 Å². The molecule has 3 aliphatic rings. The van der Waals surface area contributed by atoms with Crippen molar-refractivity contribution in [3.8, 4) is 0 Å². The van der Waals surface area contributed by atoms with E-state index in [9.17, 15) is 36.7 Å². The van der Waals surface area contributed by atoms with Crippen LogP contribution in [0, 0.1) is 23.7 Å². The van der Waals surface area contributed by atoms with E-state index in [1.165, 1.54) is 25.5 Å². The number of nitrogens with zero attached hydrogens (tertiary/aromatic N) is 3. The third-order valence-electron chi connectivity index (χ3n) is 10.7. The molecule has 7 atom stereocenters. The van der Waals surface area contributed by atoms with E-state index >= 15 is 0 Å². The Kier molecular flexibility index (Phi) is 16.6. The van der Waals surface area contributed by atoms with Crippen LogP contribution in [-0.2, 0) is 24.4 Å². The molecule has 0 aromatic heterocycles. The van der Waals surface area contributed by atoms with Crippen molar-refractivity contribution < 1.29 is 36.7 Å². The molecule has 49 heavy (non-hydrogen) atoms. The van der Waals surface area contributed by atoms with Gasteiger partial charge in [0.05, 0.1) is 17.4 Å². The number of aliphatic hydroxyl groups is 1. The minimum atomic E-state index is -3.80. The molecule has 0 aliphatic heterocycles. The van der Waals surface area contributed by atoms with E-state index in [-0.39, 0.29) is 63.3 Å². The van der Waals surface area contributed by atoms with Gasteiger partial charge in [0, 0.05) is 65.5 Å². The van der Waals surface area contributed by atoms with Crippen molar-refractivity contribution in [1.29, 1.82) is 0 Å². The van der Waals surface area contributed by atoms with Crippen LogP contribution >= 0.6 is 0 Å². The first-order valence-electron chi connectivity index (χ1n) is 18.6. The highest BCUT2D eigenvalue weighted by molar-refractivity contribution is 7.89. The van der Waals surface area contributed by atoms with Gasteiger partial charge in [-0.2, -0.15) is 0 Å². The average molecular weight is 720 g/mol. The monoisotopic (exact) mass is 719 g/mol. The van der Waals surface area contributed by atoms with E-state index in [0.717, 1.165) is 42.8 Å². The van der Waals surface area contributed by atoms with Crippen molar-refractivity contribution >= 4 is 27.7 Å². The van der Waals surface area contributed by atoms with Crippen LogP contribution in [0.25, 0.3) is 0 Å². The van der Waals surface area contributed by atoms with E-state index in [4.69, 9.17) is 0 Å². The van der Waals surface area contributed by atoms with Crippen LogP contribution in [0.5, 0.6) is 0 Å². The minimum absolute atomic E-state index is 0.0140. The Morgan fingerprint density at radius 2 is 1.43 bits per heavy atom. The molecule has 7 unspecified atom stereocenters. The van der Waals surface area contributed by atoms with Crippen molar-refractivity contribution in [2.75, 3.05) is 40.8 Å². The molecule has 3 rings (SSSR count). The van der Waals surface area contributed by atoms with E-state index in [1.54, 1.807) is 11.9 Å². The van der Waals surface area contributed by atoms with Gasteiger partial charge in [-0.15, -0.1) is 0 Å². The lowest BCUT2D eigenvalue weighted by atomic mass is 9.79. The maximum Gasteiger partial charge on any atom is 0.234 e. The number of carbonyl (C=O) groups excluding carboxylic acids is 3. The normalized spacial score (nSPS) is 28.2. The smallest absolute Gasteiger partial charge is 0.234 e. The largest absolute Gasteiger partial charge is 0.390 e. The Morgan fingerprint density at radius 3 is 2.00 bits per heavy atom. The molecule has 284 valence electrons. The topological polar surface area (TPSA) is 139 Å². The molecule has 14 heteroatoms. The molecule has 3 saturated carbocycles. The molecule has 0 aromatic rings. The van der Waals surface area contributed by atoms with Crippen molar-refractivity contribution in [2.24, 2.45) is 23.7 Å². The quantitative estimate of drug-likeness (QED) is 0.194. The van der Waals surface area contributed by atoms with Gasteiger partial charge in [0.2, 0.25) is 27.7 Å². The average Bonchev–Trinajstić information content (AvgIpc) is 3.03. The Labute approximate surface area is 293 Å². The van der Waals surface area contributed by atoms with Crippen LogP contribution in [-0.4, -0.2) is 116 Å². The van der Waals surface area contributed by atoms with Crippen molar-refractivity contribution in [3.05, 3.63) is 0 Å². The van der Waals surface area contributed by atoms with E-state index in [0.29, 0.717) is 25.4 Å². The Balaban J connectivity index is 1.78. The van der Waals surface area contributed by atoms with Crippen LogP contribution in [0.4, 0.5) is 8.78 Å². The molecule has 0 saturated heterocycles. The van der Waals surface area contributed by atoms with Crippen LogP contribution in [0.15, 0.2) is 0 Å². The fourth-order valence-corrected chi connectivity index (χ4v) is 9.72. The second-order valence-corrected chi connectivity index (χ2v) is 17.6. The highest BCUT2D eigenvalue weighted by Gasteiger charge is 2.44. The third kappa shape index (κ3) is 12.7. The standard InChI is InChI=1S/C35H63F2N5O6S/c1-6-13-42(14-7-2)35(46)27-19-26(20-30(21-27)49(47,48)40(3)4)34(45)38-31(17-25-15-28(36)22-29(37)16-25)32(43)23-41(5)39-33(44)18-24-11-9-8-10-12-24/h24-32,43H,6-23H2,1-5H3,(H,38,45)(H,39,44). The molecular weight excluding hydrogens is 656 g/mol. The SMILES string of the molecule is CCCN(CCC)C(=O)C1CC(C(=O)NC(CC2CC(F)CC(F)C2)C(O)CN(C)NC(=O)CC2CCCCC2)CC(S(=O)(=O)N(C)C)C1. The molecule has 0 heterocycles. The first-order chi connectivity index (χ1) is 23.1. The number of hydrogen-bond acceptors (Lipinski definition) is 7. The molecule has 0 bridgehead atoms. The zero-order valence-electron chi connectivity index (χ0n) is 30.4. The van der Waals surface area contributed by atoms with Crippen LogP contribution in [0.2, 0.25) is 0 Å². The lowest BCUT2D eigenvalue weighted by Gasteiger charge is -2.38. The summed E-state index contributed by atoms with van der Waals surface area (Å²) in [6.45, 7) is 4.98. The number of rotatable bonds is 17. The predicted octanol–water partition coefficient (Wildman–Crippen LogP) is 3.96. The van der Waals surface area contributed by atoms with Crippen molar-refractivity contribution in [3.63, 3.8) is 0 Å². The van der Waals surface area contributed by atoms with Gasteiger partial charge in [0.1, 0.15) is 12.3 Å². The maximum absolute atomic E-state index is 14.4. The van der Waals surface area contributed by atoms with Gasteiger partial charge in [-0.05, 0) is 76.0 Å². The summed E-state index contributed by atoms with van der Waals surface area (Å²) in [5.74, 6) is -2.40. The number of nitrogens with one attached hydrogen (secondary N) is 2. The number of likely N-dealkylation sites (N-methyl/N-ethyl adjacent to an activating group) is 1. The van der Waals surface area contributed by atoms with Gasteiger partial charge in [0.25, 0.3) is 0 Å². The summed E-state index contributed by atoms with van der Waals surface area (Å²) in [4.78, 5) is 42.2. The number of hydrogen-bond donors (Lipinski definition) is 3. The second-order valence-electron chi connectivity index (χ2n) is 15.2. The molecule has 3 N–H and O–H groups in total. The Hall–Kier alpha value is -1.90. The summed E-state index contributed by atoms with van der Waals surface area (Å²) in [5.41, 5.74) is 2.82. The number of sulfonamides is 1. The number of hydrazine groups is 1. The highest BCUT2D eigenvalue weighted by Crippen LogP contribution is 2.36. The highest BCUT2D eigenvalue weighted by atomic mass is 32.2. The van der Waals surface area contributed by atoms with Crippen LogP contribution in [0.1, 0.15) is 110 Å². The number of amides is 3. The number of alkyl halides is 2. The fourth-order valence-electron chi connectivity index (χ4n) is 8.17. The Morgan fingerprint density at radius 1 is 0.837 bits per heavy atom. The molecular formula is C35H63F2N5O6S. The van der Waals surface area contributed by atoms with Crippen molar-refractivity contribution in [1.82, 2.24) is 25.0 Å². The first-order valence-corrected chi connectivity index (χ1v) is 20.1. The van der Waals surface area contributed by atoms with Gasteiger partial charge >= 0.3 is 0 Å². The molecule has 0 aromatic carbocycles. The molecule has 3 fully saturated rings. The second kappa shape index (κ2) is 19.6. The molecule has 0 radical (unpaired) electrons.